The average molecular weight is 267 g/mol. The van der Waals surface area contributed by atoms with Gasteiger partial charge in [-0.2, -0.15) is 18.3 Å². The van der Waals surface area contributed by atoms with Gasteiger partial charge in [-0.25, -0.2) is 9.67 Å². The Balaban J connectivity index is 2.40. The van der Waals surface area contributed by atoms with Crippen LogP contribution in [0.1, 0.15) is 25.7 Å². The zero-order valence-corrected chi connectivity index (χ0v) is 10.2. The molecular formula is C10H16F3N3O2. The van der Waals surface area contributed by atoms with Crippen molar-refractivity contribution in [2.75, 3.05) is 13.2 Å². The van der Waals surface area contributed by atoms with Crippen molar-refractivity contribution in [3.05, 3.63) is 12.2 Å². The minimum Gasteiger partial charge on any atom is -0.390 e. The Kier molecular flexibility index (Phi) is 5.09. The van der Waals surface area contributed by atoms with E-state index in [9.17, 15) is 18.3 Å². The SMILES string of the molecule is CC(C)n1ncnc1CC(O)COCC(F)(F)F. The van der Waals surface area contributed by atoms with Crippen molar-refractivity contribution < 1.29 is 23.0 Å². The number of ether oxygens (including phenoxy) is 1. The highest BCUT2D eigenvalue weighted by Crippen LogP contribution is 2.15. The predicted octanol–water partition coefficient (Wildman–Crippen LogP) is 1.34. The van der Waals surface area contributed by atoms with Crippen molar-refractivity contribution in [3.63, 3.8) is 0 Å². The van der Waals surface area contributed by atoms with Crippen LogP contribution in [0.5, 0.6) is 0 Å². The summed E-state index contributed by atoms with van der Waals surface area (Å²) in [6.45, 7) is 2.04. The normalized spacial score (nSPS) is 14.2. The van der Waals surface area contributed by atoms with Crippen molar-refractivity contribution in [1.29, 1.82) is 0 Å². The van der Waals surface area contributed by atoms with Crippen LogP contribution in [0.4, 0.5) is 13.2 Å². The van der Waals surface area contributed by atoms with E-state index < -0.39 is 18.9 Å². The molecule has 0 aliphatic heterocycles. The van der Waals surface area contributed by atoms with E-state index in [4.69, 9.17) is 0 Å². The van der Waals surface area contributed by atoms with Gasteiger partial charge in [-0.05, 0) is 13.8 Å². The summed E-state index contributed by atoms with van der Waals surface area (Å²) < 4.78 is 41.4. The molecule has 0 aromatic carbocycles. The Labute approximate surface area is 103 Å². The zero-order chi connectivity index (χ0) is 13.8. The molecule has 104 valence electrons. The van der Waals surface area contributed by atoms with Crippen LogP contribution in [0.25, 0.3) is 0 Å². The number of alkyl halides is 3. The lowest BCUT2D eigenvalue weighted by atomic mass is 10.2. The van der Waals surface area contributed by atoms with E-state index >= 15 is 0 Å². The molecule has 1 aromatic heterocycles. The van der Waals surface area contributed by atoms with Gasteiger partial charge in [-0.1, -0.05) is 0 Å². The second-order valence-corrected chi connectivity index (χ2v) is 4.20. The van der Waals surface area contributed by atoms with Crippen molar-refractivity contribution in [3.8, 4) is 0 Å². The molecule has 1 rings (SSSR count). The lowest BCUT2D eigenvalue weighted by Crippen LogP contribution is -2.25. The summed E-state index contributed by atoms with van der Waals surface area (Å²) in [6.07, 6.45) is -3.96. The first-order valence-electron chi connectivity index (χ1n) is 5.50. The lowest BCUT2D eigenvalue weighted by molar-refractivity contribution is -0.179. The summed E-state index contributed by atoms with van der Waals surface area (Å²) in [4.78, 5) is 3.95. The van der Waals surface area contributed by atoms with Crippen molar-refractivity contribution in [2.45, 2.75) is 38.6 Å². The number of halogens is 3. The highest BCUT2D eigenvalue weighted by molar-refractivity contribution is 4.89. The second-order valence-electron chi connectivity index (χ2n) is 4.20. The van der Waals surface area contributed by atoms with Gasteiger partial charge in [0.05, 0.1) is 12.7 Å². The molecule has 0 radical (unpaired) electrons. The molecular weight excluding hydrogens is 251 g/mol. The molecule has 0 bridgehead atoms. The molecule has 1 aromatic rings. The minimum atomic E-state index is -4.38. The van der Waals surface area contributed by atoms with Gasteiger partial charge in [-0.15, -0.1) is 0 Å². The molecule has 5 nitrogen and oxygen atoms in total. The number of hydrogen-bond donors (Lipinski definition) is 1. The summed E-state index contributed by atoms with van der Waals surface area (Å²) in [6, 6.07) is 0.0748. The molecule has 0 spiro atoms. The molecule has 1 unspecified atom stereocenters. The Morgan fingerprint density at radius 3 is 2.67 bits per heavy atom. The number of aliphatic hydroxyl groups excluding tert-OH is 1. The molecule has 0 saturated heterocycles. The molecule has 8 heteroatoms. The summed E-state index contributed by atoms with van der Waals surface area (Å²) >= 11 is 0. The van der Waals surface area contributed by atoms with E-state index in [1.54, 1.807) is 4.68 Å². The summed E-state index contributed by atoms with van der Waals surface area (Å²) in [5.74, 6) is 0.521. The molecule has 1 N–H and O–H groups in total. The largest absolute Gasteiger partial charge is 0.411 e. The maximum atomic E-state index is 11.8. The molecule has 0 saturated carbocycles. The third-order valence-corrected chi connectivity index (χ3v) is 2.13. The smallest absolute Gasteiger partial charge is 0.390 e. The average Bonchev–Trinajstić information content (AvgIpc) is 2.63. The fourth-order valence-corrected chi connectivity index (χ4v) is 1.43. The van der Waals surface area contributed by atoms with Gasteiger partial charge in [0.2, 0.25) is 0 Å². The van der Waals surface area contributed by atoms with Gasteiger partial charge < -0.3 is 9.84 Å². The fourth-order valence-electron chi connectivity index (χ4n) is 1.43. The third kappa shape index (κ3) is 5.01. The summed E-state index contributed by atoms with van der Waals surface area (Å²) in [7, 11) is 0. The van der Waals surface area contributed by atoms with Crippen molar-refractivity contribution in [2.24, 2.45) is 0 Å². The first-order chi connectivity index (χ1) is 8.29. The maximum absolute atomic E-state index is 11.8. The molecule has 0 aliphatic rings. The Morgan fingerprint density at radius 2 is 2.11 bits per heavy atom. The highest BCUT2D eigenvalue weighted by atomic mass is 19.4. The second kappa shape index (κ2) is 6.14. The van der Waals surface area contributed by atoms with Gasteiger partial charge in [0.25, 0.3) is 0 Å². The number of hydrogen-bond acceptors (Lipinski definition) is 4. The quantitative estimate of drug-likeness (QED) is 0.845. The van der Waals surface area contributed by atoms with Crippen LogP contribution in [0.3, 0.4) is 0 Å². The van der Waals surface area contributed by atoms with E-state index in [2.05, 4.69) is 14.8 Å². The number of nitrogens with zero attached hydrogens (tertiary/aromatic N) is 3. The summed E-state index contributed by atoms with van der Waals surface area (Å²) in [5, 5.41) is 13.5. The van der Waals surface area contributed by atoms with Crippen molar-refractivity contribution >= 4 is 0 Å². The number of aromatic nitrogens is 3. The molecule has 18 heavy (non-hydrogen) atoms. The van der Waals surface area contributed by atoms with Crippen molar-refractivity contribution in [1.82, 2.24) is 14.8 Å². The first-order valence-corrected chi connectivity index (χ1v) is 5.50. The number of rotatable bonds is 6. The van der Waals surface area contributed by atoms with Crippen LogP contribution in [-0.4, -0.2) is 45.4 Å². The first kappa shape index (κ1) is 14.9. The van der Waals surface area contributed by atoms with E-state index in [0.717, 1.165) is 0 Å². The van der Waals surface area contributed by atoms with Crippen LogP contribution in [0.2, 0.25) is 0 Å². The molecule has 1 atom stereocenters. The topological polar surface area (TPSA) is 60.2 Å². The van der Waals surface area contributed by atoms with Crippen LogP contribution >= 0.6 is 0 Å². The van der Waals surface area contributed by atoms with Crippen LogP contribution < -0.4 is 0 Å². The van der Waals surface area contributed by atoms with E-state index in [-0.39, 0.29) is 19.1 Å². The van der Waals surface area contributed by atoms with Gasteiger partial charge in [-0.3, -0.25) is 0 Å². The van der Waals surface area contributed by atoms with Gasteiger partial charge in [0.15, 0.2) is 0 Å². The van der Waals surface area contributed by atoms with Crippen LogP contribution in [0.15, 0.2) is 6.33 Å². The Hall–Kier alpha value is -1.15. The van der Waals surface area contributed by atoms with E-state index in [1.165, 1.54) is 6.33 Å². The standard InChI is InChI=1S/C10H16F3N3O2/c1-7(2)16-9(14-6-15-16)3-8(17)4-18-5-10(11,12)13/h6-8,17H,3-5H2,1-2H3. The fraction of sp³-hybridized carbons (Fsp3) is 0.800. The van der Waals surface area contributed by atoms with Gasteiger partial charge >= 0.3 is 6.18 Å². The highest BCUT2D eigenvalue weighted by Gasteiger charge is 2.28. The van der Waals surface area contributed by atoms with E-state index in [0.29, 0.717) is 5.82 Å². The molecule has 0 amide bonds. The van der Waals surface area contributed by atoms with Gasteiger partial charge in [0.1, 0.15) is 18.8 Å². The van der Waals surface area contributed by atoms with Gasteiger partial charge in [0, 0.05) is 12.5 Å². The van der Waals surface area contributed by atoms with Crippen LogP contribution in [0, 0.1) is 0 Å². The molecule has 0 fully saturated rings. The predicted molar refractivity (Wildman–Crippen MR) is 57.0 cm³/mol. The minimum absolute atomic E-state index is 0.0748. The Morgan fingerprint density at radius 1 is 1.44 bits per heavy atom. The number of aliphatic hydroxyl groups is 1. The zero-order valence-electron chi connectivity index (χ0n) is 10.2. The van der Waals surface area contributed by atoms with E-state index in [1.807, 2.05) is 13.8 Å². The maximum Gasteiger partial charge on any atom is 0.411 e. The monoisotopic (exact) mass is 267 g/mol. The molecule has 0 aliphatic carbocycles. The lowest BCUT2D eigenvalue weighted by Gasteiger charge is -2.14. The Bertz CT molecular complexity index is 365. The summed E-state index contributed by atoms with van der Waals surface area (Å²) in [5.41, 5.74) is 0. The van der Waals surface area contributed by atoms with Crippen LogP contribution in [-0.2, 0) is 11.2 Å². The molecule has 1 heterocycles. The third-order valence-electron chi connectivity index (χ3n) is 2.13.